The van der Waals surface area contributed by atoms with Crippen molar-refractivity contribution in [1.29, 1.82) is 0 Å². The third kappa shape index (κ3) is 2.89. The van der Waals surface area contributed by atoms with E-state index in [-0.39, 0.29) is 18.1 Å². The molecule has 2 rings (SSSR count). The summed E-state index contributed by atoms with van der Waals surface area (Å²) in [7, 11) is 0. The number of rotatable bonds is 3. The Morgan fingerprint density at radius 2 is 2.17 bits per heavy atom. The van der Waals surface area contributed by atoms with E-state index < -0.39 is 0 Å². The number of carbonyl (C=O) groups excluding carboxylic acids is 1. The standard InChI is InChI=1S/C14H19NO3/c1-2-17-14(16)11-7-5-10(6-8-11)12-4-3-9-18-13(12)15/h5-8,12-13H,2-4,9,15H2,1H3. The molecule has 1 aliphatic heterocycles. The van der Waals surface area contributed by atoms with Crippen molar-refractivity contribution in [2.45, 2.75) is 31.9 Å². The van der Waals surface area contributed by atoms with Gasteiger partial charge in [-0.2, -0.15) is 0 Å². The summed E-state index contributed by atoms with van der Waals surface area (Å²) in [5.41, 5.74) is 7.64. The fraction of sp³-hybridized carbons (Fsp3) is 0.500. The number of esters is 1. The number of carbonyl (C=O) groups is 1. The van der Waals surface area contributed by atoms with Crippen LogP contribution in [0.25, 0.3) is 0 Å². The fourth-order valence-corrected chi connectivity index (χ4v) is 2.24. The third-order valence-electron chi connectivity index (χ3n) is 3.22. The molecule has 1 saturated heterocycles. The Balaban J connectivity index is 2.09. The van der Waals surface area contributed by atoms with E-state index in [2.05, 4.69) is 0 Å². The number of benzene rings is 1. The Labute approximate surface area is 107 Å². The summed E-state index contributed by atoms with van der Waals surface area (Å²) in [6.45, 7) is 2.92. The van der Waals surface area contributed by atoms with Crippen molar-refractivity contribution in [3.05, 3.63) is 35.4 Å². The normalized spacial score (nSPS) is 23.7. The van der Waals surface area contributed by atoms with Crippen molar-refractivity contribution in [3.63, 3.8) is 0 Å². The van der Waals surface area contributed by atoms with Crippen LogP contribution in [0.5, 0.6) is 0 Å². The van der Waals surface area contributed by atoms with Crippen molar-refractivity contribution >= 4 is 5.97 Å². The number of ether oxygens (including phenoxy) is 2. The Morgan fingerprint density at radius 1 is 1.44 bits per heavy atom. The van der Waals surface area contributed by atoms with E-state index in [1.165, 1.54) is 0 Å². The first-order chi connectivity index (χ1) is 8.72. The summed E-state index contributed by atoms with van der Waals surface area (Å²) in [5.74, 6) is -0.0664. The van der Waals surface area contributed by atoms with Gasteiger partial charge in [0, 0.05) is 12.5 Å². The lowest BCUT2D eigenvalue weighted by atomic mass is 9.90. The lowest BCUT2D eigenvalue weighted by Crippen LogP contribution is -2.35. The van der Waals surface area contributed by atoms with Gasteiger partial charge in [0.2, 0.25) is 0 Å². The second kappa shape index (κ2) is 5.98. The van der Waals surface area contributed by atoms with Crippen LogP contribution >= 0.6 is 0 Å². The number of hydrogen-bond acceptors (Lipinski definition) is 4. The van der Waals surface area contributed by atoms with Gasteiger partial charge in [-0.1, -0.05) is 12.1 Å². The van der Waals surface area contributed by atoms with E-state index in [4.69, 9.17) is 15.2 Å². The Morgan fingerprint density at radius 3 is 2.78 bits per heavy atom. The number of hydrogen-bond donors (Lipinski definition) is 1. The summed E-state index contributed by atoms with van der Waals surface area (Å²) in [5, 5.41) is 0. The molecule has 0 aliphatic carbocycles. The fourth-order valence-electron chi connectivity index (χ4n) is 2.24. The Hall–Kier alpha value is -1.39. The first-order valence-corrected chi connectivity index (χ1v) is 6.36. The second-order valence-electron chi connectivity index (χ2n) is 4.43. The first-order valence-electron chi connectivity index (χ1n) is 6.36. The van der Waals surface area contributed by atoms with Gasteiger partial charge >= 0.3 is 5.97 Å². The summed E-state index contributed by atoms with van der Waals surface area (Å²) >= 11 is 0. The van der Waals surface area contributed by atoms with Crippen LogP contribution in [0.1, 0.15) is 41.6 Å². The molecule has 2 N–H and O–H groups in total. The van der Waals surface area contributed by atoms with Crippen LogP contribution in [0.2, 0.25) is 0 Å². The van der Waals surface area contributed by atoms with Gasteiger partial charge in [-0.25, -0.2) is 4.79 Å². The molecule has 1 fully saturated rings. The van der Waals surface area contributed by atoms with E-state index in [9.17, 15) is 4.79 Å². The SMILES string of the molecule is CCOC(=O)c1ccc(C2CCCOC2N)cc1. The maximum Gasteiger partial charge on any atom is 0.338 e. The maximum absolute atomic E-state index is 11.5. The maximum atomic E-state index is 11.5. The van der Waals surface area contributed by atoms with Crippen LogP contribution in [0.15, 0.2) is 24.3 Å². The van der Waals surface area contributed by atoms with E-state index in [0.717, 1.165) is 25.0 Å². The highest BCUT2D eigenvalue weighted by atomic mass is 16.5. The largest absolute Gasteiger partial charge is 0.462 e. The molecule has 98 valence electrons. The van der Waals surface area contributed by atoms with E-state index in [1.54, 1.807) is 19.1 Å². The molecule has 4 nitrogen and oxygen atoms in total. The van der Waals surface area contributed by atoms with Gasteiger partial charge in [-0.15, -0.1) is 0 Å². The summed E-state index contributed by atoms with van der Waals surface area (Å²) in [6, 6.07) is 7.44. The van der Waals surface area contributed by atoms with Gasteiger partial charge in [0.05, 0.1) is 12.2 Å². The van der Waals surface area contributed by atoms with Gasteiger partial charge in [0.15, 0.2) is 0 Å². The third-order valence-corrected chi connectivity index (χ3v) is 3.22. The van der Waals surface area contributed by atoms with Crippen LogP contribution in [-0.4, -0.2) is 25.4 Å². The Kier molecular flexibility index (Phi) is 4.33. The average molecular weight is 249 g/mol. The molecule has 1 aromatic carbocycles. The van der Waals surface area contributed by atoms with Gasteiger partial charge in [-0.05, 0) is 37.5 Å². The van der Waals surface area contributed by atoms with Crippen molar-refractivity contribution in [3.8, 4) is 0 Å². The lowest BCUT2D eigenvalue weighted by Gasteiger charge is -2.29. The highest BCUT2D eigenvalue weighted by Gasteiger charge is 2.24. The smallest absolute Gasteiger partial charge is 0.338 e. The molecular weight excluding hydrogens is 230 g/mol. The number of nitrogens with two attached hydrogens (primary N) is 1. The highest BCUT2D eigenvalue weighted by molar-refractivity contribution is 5.89. The molecular formula is C14H19NO3. The highest BCUT2D eigenvalue weighted by Crippen LogP contribution is 2.28. The summed E-state index contributed by atoms with van der Waals surface area (Å²) < 4.78 is 10.4. The van der Waals surface area contributed by atoms with E-state index >= 15 is 0 Å². The van der Waals surface area contributed by atoms with E-state index in [1.807, 2.05) is 12.1 Å². The van der Waals surface area contributed by atoms with Crippen LogP contribution in [0.3, 0.4) is 0 Å². The predicted molar refractivity (Wildman–Crippen MR) is 68.3 cm³/mol. The minimum absolute atomic E-state index is 0.218. The minimum Gasteiger partial charge on any atom is -0.462 e. The van der Waals surface area contributed by atoms with Crippen LogP contribution in [0, 0.1) is 0 Å². The predicted octanol–water partition coefficient (Wildman–Crippen LogP) is 2.04. The quantitative estimate of drug-likeness (QED) is 0.833. The molecule has 18 heavy (non-hydrogen) atoms. The van der Waals surface area contributed by atoms with E-state index in [0.29, 0.717) is 12.2 Å². The van der Waals surface area contributed by atoms with Gasteiger partial charge in [0.1, 0.15) is 6.23 Å². The zero-order valence-electron chi connectivity index (χ0n) is 10.6. The molecule has 0 saturated carbocycles. The zero-order valence-corrected chi connectivity index (χ0v) is 10.6. The molecule has 0 aromatic heterocycles. The van der Waals surface area contributed by atoms with Gasteiger partial charge in [0.25, 0.3) is 0 Å². The molecule has 0 bridgehead atoms. The van der Waals surface area contributed by atoms with Crippen molar-refractivity contribution in [2.24, 2.45) is 5.73 Å². The van der Waals surface area contributed by atoms with Crippen molar-refractivity contribution in [1.82, 2.24) is 0 Å². The van der Waals surface area contributed by atoms with Crippen LogP contribution < -0.4 is 5.73 Å². The monoisotopic (exact) mass is 249 g/mol. The van der Waals surface area contributed by atoms with Crippen LogP contribution in [0.4, 0.5) is 0 Å². The molecule has 0 spiro atoms. The average Bonchev–Trinajstić information content (AvgIpc) is 2.40. The second-order valence-corrected chi connectivity index (χ2v) is 4.43. The van der Waals surface area contributed by atoms with Gasteiger partial charge < -0.3 is 15.2 Å². The molecule has 2 unspecified atom stereocenters. The van der Waals surface area contributed by atoms with Gasteiger partial charge in [-0.3, -0.25) is 0 Å². The molecule has 1 aliphatic rings. The molecule has 2 atom stereocenters. The topological polar surface area (TPSA) is 61.5 Å². The van der Waals surface area contributed by atoms with Crippen LogP contribution in [-0.2, 0) is 9.47 Å². The molecule has 1 heterocycles. The molecule has 0 amide bonds. The summed E-state index contributed by atoms with van der Waals surface area (Å²) in [6.07, 6.45) is 1.81. The van der Waals surface area contributed by atoms with Crippen molar-refractivity contribution in [2.75, 3.05) is 13.2 Å². The molecule has 1 aromatic rings. The minimum atomic E-state index is -0.284. The summed E-state index contributed by atoms with van der Waals surface area (Å²) in [4.78, 5) is 11.5. The lowest BCUT2D eigenvalue weighted by molar-refractivity contribution is 0.00372. The Bertz CT molecular complexity index is 402. The first kappa shape index (κ1) is 13.1. The molecule has 4 heteroatoms. The zero-order chi connectivity index (χ0) is 13.0. The van der Waals surface area contributed by atoms with Crippen molar-refractivity contribution < 1.29 is 14.3 Å². The molecule has 0 radical (unpaired) electrons.